The fourth-order valence-electron chi connectivity index (χ4n) is 4.10. The van der Waals surface area contributed by atoms with Crippen LogP contribution in [0.3, 0.4) is 0 Å². The highest BCUT2D eigenvalue weighted by atomic mass is 16.6. The summed E-state index contributed by atoms with van der Waals surface area (Å²) >= 11 is 0. The molecule has 3 rings (SSSR count). The minimum absolute atomic E-state index is 0.122. The molecule has 0 unspecified atom stereocenters. The number of hydrogen-bond acceptors (Lipinski definition) is 12. The standard InChI is InChI=1S/C30H30O12/c1-15(39-17(3)31)13-23(35)41-29-25(19-5-9-21(33)10-6-19)28(38)30(42-24(36)14-16(2)40-18(4)32)26(27(29)37)20-7-11-22(34)12-8-20/h5-12,15-16,33-34,37-38H,13-14H2,1-4H3/t15-,16-/m0/s1. The number of carbonyl (C=O) groups is 4. The lowest BCUT2D eigenvalue weighted by molar-refractivity contribution is -0.150. The van der Waals surface area contributed by atoms with Crippen LogP contribution in [0, 0.1) is 0 Å². The van der Waals surface area contributed by atoms with Crippen LogP contribution in [0.4, 0.5) is 0 Å². The van der Waals surface area contributed by atoms with Gasteiger partial charge in [0.25, 0.3) is 0 Å². The smallest absolute Gasteiger partial charge is 0.315 e. The van der Waals surface area contributed by atoms with Crippen molar-refractivity contribution in [3.05, 3.63) is 48.5 Å². The summed E-state index contributed by atoms with van der Waals surface area (Å²) in [7, 11) is 0. The van der Waals surface area contributed by atoms with Crippen molar-refractivity contribution in [2.24, 2.45) is 0 Å². The average molecular weight is 583 g/mol. The molecular formula is C30H30O12. The maximum absolute atomic E-state index is 12.9. The molecule has 12 heteroatoms. The Morgan fingerprint density at radius 2 is 0.905 bits per heavy atom. The van der Waals surface area contributed by atoms with E-state index in [9.17, 15) is 39.6 Å². The van der Waals surface area contributed by atoms with Crippen LogP contribution >= 0.6 is 0 Å². The van der Waals surface area contributed by atoms with Crippen molar-refractivity contribution in [3.8, 4) is 56.8 Å². The van der Waals surface area contributed by atoms with Gasteiger partial charge in [-0.1, -0.05) is 24.3 Å². The minimum Gasteiger partial charge on any atom is -0.508 e. The lowest BCUT2D eigenvalue weighted by atomic mass is 9.95. The minimum atomic E-state index is -0.935. The highest BCUT2D eigenvalue weighted by molar-refractivity contribution is 5.96. The predicted octanol–water partition coefficient (Wildman–Crippen LogP) is 4.34. The zero-order valence-electron chi connectivity index (χ0n) is 23.2. The van der Waals surface area contributed by atoms with Gasteiger partial charge in [-0.3, -0.25) is 19.2 Å². The number of phenols is 4. The molecule has 0 radical (unpaired) electrons. The summed E-state index contributed by atoms with van der Waals surface area (Å²) in [5, 5.41) is 42.6. The van der Waals surface area contributed by atoms with Crippen LogP contribution < -0.4 is 9.47 Å². The monoisotopic (exact) mass is 582 g/mol. The molecule has 0 fully saturated rings. The number of carbonyl (C=O) groups excluding carboxylic acids is 4. The van der Waals surface area contributed by atoms with E-state index in [-0.39, 0.29) is 33.8 Å². The van der Waals surface area contributed by atoms with Crippen molar-refractivity contribution in [2.75, 3.05) is 0 Å². The third kappa shape index (κ3) is 7.90. The summed E-state index contributed by atoms with van der Waals surface area (Å²) in [6, 6.07) is 10.5. The third-order valence-corrected chi connectivity index (χ3v) is 5.74. The first-order chi connectivity index (χ1) is 19.8. The van der Waals surface area contributed by atoms with Crippen molar-refractivity contribution < 1.29 is 58.6 Å². The van der Waals surface area contributed by atoms with Crippen molar-refractivity contribution >= 4 is 23.9 Å². The van der Waals surface area contributed by atoms with Crippen LogP contribution in [-0.4, -0.2) is 56.5 Å². The number of phenolic OH excluding ortho intramolecular Hbond substituents is 4. The SMILES string of the molecule is CC(=O)O[C@@H](C)CC(=O)Oc1c(O)c(-c2ccc(O)cc2)c(OC(=O)C[C@H](C)OC(C)=O)c(O)c1-c1ccc(O)cc1. The van der Waals surface area contributed by atoms with Gasteiger partial charge in [-0.25, -0.2) is 0 Å². The van der Waals surface area contributed by atoms with E-state index in [1.165, 1.54) is 76.2 Å². The Morgan fingerprint density at radius 3 is 1.19 bits per heavy atom. The molecule has 0 bridgehead atoms. The van der Waals surface area contributed by atoms with E-state index < -0.39 is 71.9 Å². The summed E-state index contributed by atoms with van der Waals surface area (Å²) in [4.78, 5) is 48.3. The molecule has 0 aliphatic carbocycles. The van der Waals surface area contributed by atoms with Crippen LogP contribution in [0.5, 0.6) is 34.5 Å². The van der Waals surface area contributed by atoms with E-state index in [2.05, 4.69) is 0 Å². The number of hydrogen-bond donors (Lipinski definition) is 4. The molecule has 0 saturated heterocycles. The summed E-state index contributed by atoms with van der Waals surface area (Å²) in [5.74, 6) is -5.83. The number of esters is 4. The third-order valence-electron chi connectivity index (χ3n) is 5.74. The Morgan fingerprint density at radius 1 is 0.595 bits per heavy atom. The first-order valence-electron chi connectivity index (χ1n) is 12.7. The van der Waals surface area contributed by atoms with Crippen LogP contribution in [0.25, 0.3) is 22.3 Å². The molecular weight excluding hydrogens is 552 g/mol. The Balaban J connectivity index is 2.23. The maximum Gasteiger partial charge on any atom is 0.315 e. The van der Waals surface area contributed by atoms with Gasteiger partial charge in [0, 0.05) is 13.8 Å². The Hall–Kier alpha value is -5.26. The highest BCUT2D eigenvalue weighted by Gasteiger charge is 2.31. The molecule has 0 heterocycles. The van der Waals surface area contributed by atoms with E-state index in [4.69, 9.17) is 18.9 Å². The summed E-state index contributed by atoms with van der Waals surface area (Å²) in [6.45, 7) is 5.27. The molecule has 222 valence electrons. The molecule has 0 aliphatic heterocycles. The fourth-order valence-corrected chi connectivity index (χ4v) is 4.10. The topological polar surface area (TPSA) is 186 Å². The highest BCUT2D eigenvalue weighted by Crippen LogP contribution is 2.56. The van der Waals surface area contributed by atoms with E-state index >= 15 is 0 Å². The van der Waals surface area contributed by atoms with Crippen LogP contribution in [0.15, 0.2) is 48.5 Å². The largest absolute Gasteiger partial charge is 0.508 e. The van der Waals surface area contributed by atoms with E-state index in [0.717, 1.165) is 0 Å². The summed E-state index contributed by atoms with van der Waals surface area (Å²) in [6.07, 6.45) is -2.57. The molecule has 2 atom stereocenters. The number of benzene rings is 3. The molecule has 0 amide bonds. The second-order valence-corrected chi connectivity index (χ2v) is 9.40. The fraction of sp³-hybridized carbons (Fsp3) is 0.267. The molecule has 3 aromatic carbocycles. The van der Waals surface area contributed by atoms with Crippen molar-refractivity contribution in [1.82, 2.24) is 0 Å². The van der Waals surface area contributed by atoms with Crippen molar-refractivity contribution in [3.63, 3.8) is 0 Å². The molecule has 4 N–H and O–H groups in total. The first-order valence-corrected chi connectivity index (χ1v) is 12.7. The zero-order chi connectivity index (χ0) is 31.1. The van der Waals surface area contributed by atoms with Crippen molar-refractivity contribution in [2.45, 2.75) is 52.7 Å². The number of aromatic hydroxyl groups is 4. The Kier molecular flexibility index (Phi) is 9.98. The molecule has 42 heavy (non-hydrogen) atoms. The lowest BCUT2D eigenvalue weighted by Gasteiger charge is -2.22. The van der Waals surface area contributed by atoms with Gasteiger partial charge >= 0.3 is 23.9 Å². The molecule has 0 saturated carbocycles. The first kappa shape index (κ1) is 31.3. The van der Waals surface area contributed by atoms with Gasteiger partial charge in [-0.15, -0.1) is 0 Å². The van der Waals surface area contributed by atoms with E-state index in [0.29, 0.717) is 0 Å². The van der Waals surface area contributed by atoms with Gasteiger partial charge < -0.3 is 39.4 Å². The van der Waals surface area contributed by atoms with Crippen LogP contribution in [0.2, 0.25) is 0 Å². The lowest BCUT2D eigenvalue weighted by Crippen LogP contribution is -2.21. The van der Waals surface area contributed by atoms with E-state index in [1.54, 1.807) is 0 Å². The quantitative estimate of drug-likeness (QED) is 0.151. The normalized spacial score (nSPS) is 12.1. The zero-order valence-corrected chi connectivity index (χ0v) is 23.2. The Bertz CT molecular complexity index is 1360. The van der Waals surface area contributed by atoms with Gasteiger partial charge in [-0.2, -0.15) is 0 Å². The van der Waals surface area contributed by atoms with Crippen LogP contribution in [0.1, 0.15) is 40.5 Å². The van der Waals surface area contributed by atoms with Crippen LogP contribution in [-0.2, 0) is 28.7 Å². The van der Waals surface area contributed by atoms with Gasteiger partial charge in [-0.05, 0) is 49.2 Å². The second-order valence-electron chi connectivity index (χ2n) is 9.40. The average Bonchev–Trinajstić information content (AvgIpc) is 2.87. The predicted molar refractivity (Wildman–Crippen MR) is 147 cm³/mol. The van der Waals surface area contributed by atoms with Crippen molar-refractivity contribution in [1.29, 1.82) is 0 Å². The van der Waals surface area contributed by atoms with Gasteiger partial charge in [0.05, 0.1) is 24.0 Å². The molecule has 0 aliphatic rings. The van der Waals surface area contributed by atoms with Gasteiger partial charge in [0.2, 0.25) is 0 Å². The van der Waals surface area contributed by atoms with E-state index in [1.807, 2.05) is 0 Å². The number of rotatable bonds is 10. The number of ether oxygens (including phenoxy) is 4. The summed E-state index contributed by atoms with van der Waals surface area (Å²) < 4.78 is 20.9. The van der Waals surface area contributed by atoms with Gasteiger partial charge in [0.1, 0.15) is 23.7 Å². The molecule has 0 spiro atoms. The maximum atomic E-state index is 12.9. The molecule has 12 nitrogen and oxygen atoms in total. The Labute approximate surface area is 240 Å². The van der Waals surface area contributed by atoms with Gasteiger partial charge in [0.15, 0.2) is 23.0 Å². The summed E-state index contributed by atoms with van der Waals surface area (Å²) in [5.41, 5.74) is -0.225. The molecule has 0 aromatic heterocycles. The second kappa shape index (κ2) is 13.4. The molecule has 3 aromatic rings.